The zero-order valence-corrected chi connectivity index (χ0v) is 10.4. The van der Waals surface area contributed by atoms with Crippen LogP contribution in [0.25, 0.3) is 10.9 Å². The van der Waals surface area contributed by atoms with E-state index in [-0.39, 0.29) is 23.2 Å². The second-order valence-electron chi connectivity index (χ2n) is 3.89. The molecule has 0 saturated carbocycles. The monoisotopic (exact) mass is 278 g/mol. The first-order valence-corrected chi connectivity index (χ1v) is 5.66. The number of H-pyrrole nitrogens is 1. The van der Waals surface area contributed by atoms with E-state index in [0.29, 0.717) is 0 Å². The Morgan fingerprint density at radius 3 is 2.80 bits per heavy atom. The van der Waals surface area contributed by atoms with Gasteiger partial charge in [-0.05, 0) is 13.0 Å². The second kappa shape index (κ2) is 5.00. The molecule has 104 valence electrons. The fourth-order valence-electron chi connectivity index (χ4n) is 1.78. The molecule has 2 aromatic rings. The molecule has 1 heterocycles. The van der Waals surface area contributed by atoms with Gasteiger partial charge >= 0.3 is 5.97 Å². The zero-order valence-electron chi connectivity index (χ0n) is 10.4. The number of aromatic amines is 1. The first-order valence-electron chi connectivity index (χ1n) is 5.66. The fraction of sp³-hybridized carbons (Fsp3) is 0.167. The van der Waals surface area contributed by atoms with Crippen LogP contribution in [0, 0.1) is 10.1 Å². The summed E-state index contributed by atoms with van der Waals surface area (Å²) in [5, 5.41) is 20.7. The van der Waals surface area contributed by atoms with E-state index in [1.54, 1.807) is 6.92 Å². The predicted molar refractivity (Wildman–Crippen MR) is 68.8 cm³/mol. The summed E-state index contributed by atoms with van der Waals surface area (Å²) >= 11 is 0. The Morgan fingerprint density at radius 2 is 2.20 bits per heavy atom. The number of non-ortho nitro benzene ring substituents is 1. The fourth-order valence-corrected chi connectivity index (χ4v) is 1.78. The number of carbonyl (C=O) groups excluding carboxylic acids is 1. The van der Waals surface area contributed by atoms with Crippen LogP contribution in [-0.4, -0.2) is 27.6 Å². The number of carbonyl (C=O) groups is 1. The second-order valence-corrected chi connectivity index (χ2v) is 3.89. The Labute approximate surface area is 111 Å². The number of fused-ring (bicyclic) bond motifs is 1. The van der Waals surface area contributed by atoms with Gasteiger partial charge in [-0.15, -0.1) is 0 Å². The summed E-state index contributed by atoms with van der Waals surface area (Å²) in [6.07, 6.45) is 0. The number of pyridine rings is 1. The number of aromatic hydroxyl groups is 1. The van der Waals surface area contributed by atoms with Crippen LogP contribution in [0.15, 0.2) is 23.0 Å². The molecule has 2 rings (SSSR count). The van der Waals surface area contributed by atoms with Gasteiger partial charge in [-0.3, -0.25) is 14.9 Å². The maximum Gasteiger partial charge on any atom is 0.347 e. The number of benzene rings is 1. The normalized spacial score (nSPS) is 10.4. The highest BCUT2D eigenvalue weighted by Gasteiger charge is 2.21. The molecule has 2 N–H and O–H groups in total. The van der Waals surface area contributed by atoms with Crippen molar-refractivity contribution in [1.82, 2.24) is 4.98 Å². The SMILES string of the molecule is CCOC(=O)c1c(O)c2ccc([N+](=O)[O-])cc2[nH]c1=O. The minimum Gasteiger partial charge on any atom is -0.506 e. The first-order chi connectivity index (χ1) is 9.45. The molecule has 0 radical (unpaired) electrons. The zero-order chi connectivity index (χ0) is 14.9. The molecule has 8 nitrogen and oxygen atoms in total. The average Bonchev–Trinajstić information content (AvgIpc) is 2.38. The Morgan fingerprint density at radius 1 is 1.50 bits per heavy atom. The largest absolute Gasteiger partial charge is 0.506 e. The number of rotatable bonds is 3. The number of nitro groups is 1. The quantitative estimate of drug-likeness (QED) is 0.496. The lowest BCUT2D eigenvalue weighted by Crippen LogP contribution is -2.20. The predicted octanol–water partition coefficient (Wildman–Crippen LogP) is 1.32. The van der Waals surface area contributed by atoms with Gasteiger partial charge in [-0.25, -0.2) is 4.79 Å². The van der Waals surface area contributed by atoms with Crippen LogP contribution in [0.4, 0.5) is 5.69 Å². The van der Waals surface area contributed by atoms with E-state index in [1.165, 1.54) is 6.07 Å². The smallest absolute Gasteiger partial charge is 0.347 e. The summed E-state index contributed by atoms with van der Waals surface area (Å²) in [5.74, 6) is -1.51. The molecule has 0 aliphatic heterocycles. The van der Waals surface area contributed by atoms with Gasteiger partial charge in [0.25, 0.3) is 11.2 Å². The summed E-state index contributed by atoms with van der Waals surface area (Å²) in [7, 11) is 0. The molecule has 0 unspecified atom stereocenters. The number of aromatic nitrogens is 1. The van der Waals surface area contributed by atoms with Gasteiger partial charge in [0.1, 0.15) is 5.75 Å². The molecule has 0 atom stereocenters. The number of hydrogen-bond acceptors (Lipinski definition) is 6. The van der Waals surface area contributed by atoms with Gasteiger partial charge in [-0.1, -0.05) is 0 Å². The van der Waals surface area contributed by atoms with Gasteiger partial charge < -0.3 is 14.8 Å². The minimum atomic E-state index is -0.952. The van der Waals surface area contributed by atoms with E-state index in [4.69, 9.17) is 0 Å². The Balaban J connectivity index is 2.71. The highest BCUT2D eigenvalue weighted by molar-refractivity contribution is 5.99. The minimum absolute atomic E-state index is 0.0516. The van der Waals surface area contributed by atoms with E-state index in [9.17, 15) is 24.8 Å². The van der Waals surface area contributed by atoms with Crippen molar-refractivity contribution < 1.29 is 19.6 Å². The summed E-state index contributed by atoms with van der Waals surface area (Å²) < 4.78 is 4.67. The van der Waals surface area contributed by atoms with Gasteiger partial charge in [0.05, 0.1) is 17.0 Å². The van der Waals surface area contributed by atoms with E-state index < -0.39 is 27.8 Å². The molecule has 8 heteroatoms. The van der Waals surface area contributed by atoms with Crippen molar-refractivity contribution in [3.8, 4) is 5.75 Å². The van der Waals surface area contributed by atoms with Crippen molar-refractivity contribution in [2.24, 2.45) is 0 Å². The number of nitro benzene ring substituents is 1. The van der Waals surface area contributed by atoms with Crippen LogP contribution in [0.5, 0.6) is 5.75 Å². The Kier molecular flexibility index (Phi) is 3.38. The topological polar surface area (TPSA) is 123 Å². The molecule has 0 amide bonds. The van der Waals surface area contributed by atoms with E-state index >= 15 is 0 Å². The number of esters is 1. The van der Waals surface area contributed by atoms with E-state index in [2.05, 4.69) is 9.72 Å². The van der Waals surface area contributed by atoms with Crippen LogP contribution in [0.1, 0.15) is 17.3 Å². The molecular weight excluding hydrogens is 268 g/mol. The molecule has 1 aromatic heterocycles. The van der Waals surface area contributed by atoms with Crippen LogP contribution >= 0.6 is 0 Å². The molecule has 0 fully saturated rings. The molecule has 0 aliphatic carbocycles. The Hall–Kier alpha value is -2.90. The maximum atomic E-state index is 11.8. The summed E-state index contributed by atoms with van der Waals surface area (Å²) in [5.41, 5.74) is -1.56. The molecule has 1 aromatic carbocycles. The third kappa shape index (κ3) is 2.18. The van der Waals surface area contributed by atoms with Gasteiger partial charge in [0, 0.05) is 17.5 Å². The molecule has 0 saturated heterocycles. The maximum absolute atomic E-state index is 11.8. The lowest BCUT2D eigenvalue weighted by Gasteiger charge is -2.06. The van der Waals surface area contributed by atoms with Crippen molar-refractivity contribution in [3.63, 3.8) is 0 Å². The molecule has 0 bridgehead atoms. The molecule has 0 aliphatic rings. The Bertz CT molecular complexity index is 764. The average molecular weight is 278 g/mol. The van der Waals surface area contributed by atoms with Crippen LogP contribution < -0.4 is 5.56 Å². The third-order valence-corrected chi connectivity index (χ3v) is 2.66. The van der Waals surface area contributed by atoms with Gasteiger partial charge in [0.15, 0.2) is 5.56 Å². The van der Waals surface area contributed by atoms with Crippen LogP contribution in [-0.2, 0) is 4.74 Å². The lowest BCUT2D eigenvalue weighted by molar-refractivity contribution is -0.384. The number of hydrogen-bond donors (Lipinski definition) is 2. The van der Waals surface area contributed by atoms with Gasteiger partial charge in [-0.2, -0.15) is 0 Å². The standard InChI is InChI=1S/C12H10N2O6/c1-2-20-12(17)9-10(15)7-4-3-6(14(18)19)5-8(7)13-11(9)16/h3-5H,2H2,1H3,(H2,13,15,16). The number of ether oxygens (including phenoxy) is 1. The van der Waals surface area contributed by atoms with Crippen LogP contribution in [0.3, 0.4) is 0 Å². The van der Waals surface area contributed by atoms with Gasteiger partial charge in [0.2, 0.25) is 0 Å². The first kappa shape index (κ1) is 13.5. The molecule has 0 spiro atoms. The molecular formula is C12H10N2O6. The third-order valence-electron chi connectivity index (χ3n) is 2.66. The van der Waals surface area contributed by atoms with Crippen molar-refractivity contribution >= 4 is 22.6 Å². The summed E-state index contributed by atoms with van der Waals surface area (Å²) in [4.78, 5) is 35.7. The summed E-state index contributed by atoms with van der Waals surface area (Å²) in [6, 6.07) is 3.52. The van der Waals surface area contributed by atoms with Crippen molar-refractivity contribution in [2.75, 3.05) is 6.61 Å². The van der Waals surface area contributed by atoms with Crippen molar-refractivity contribution in [3.05, 3.63) is 44.2 Å². The highest BCUT2D eigenvalue weighted by Crippen LogP contribution is 2.27. The molecule has 20 heavy (non-hydrogen) atoms. The lowest BCUT2D eigenvalue weighted by atomic mass is 10.1. The van der Waals surface area contributed by atoms with E-state index in [0.717, 1.165) is 12.1 Å². The van der Waals surface area contributed by atoms with Crippen LogP contribution in [0.2, 0.25) is 0 Å². The highest BCUT2D eigenvalue weighted by atomic mass is 16.6. The van der Waals surface area contributed by atoms with Crippen molar-refractivity contribution in [2.45, 2.75) is 6.92 Å². The number of nitrogens with one attached hydrogen (secondary N) is 1. The van der Waals surface area contributed by atoms with E-state index in [1.807, 2.05) is 0 Å². The number of nitrogens with zero attached hydrogens (tertiary/aromatic N) is 1. The summed E-state index contributed by atoms with van der Waals surface area (Å²) in [6.45, 7) is 1.61. The van der Waals surface area contributed by atoms with Crippen molar-refractivity contribution in [1.29, 1.82) is 0 Å².